The SMILES string of the molecule is c1ccc2c(CN3CCc4nc(N5CCN(C6CCC6)CC5)ncc4C3)ccnc2c1. The van der Waals surface area contributed by atoms with E-state index in [9.17, 15) is 0 Å². The maximum absolute atomic E-state index is 4.99. The Morgan fingerprint density at radius 3 is 2.65 bits per heavy atom. The van der Waals surface area contributed by atoms with Gasteiger partial charge >= 0.3 is 0 Å². The van der Waals surface area contributed by atoms with E-state index < -0.39 is 0 Å². The van der Waals surface area contributed by atoms with E-state index in [4.69, 9.17) is 9.97 Å². The highest BCUT2D eigenvalue weighted by molar-refractivity contribution is 5.81. The zero-order chi connectivity index (χ0) is 20.6. The van der Waals surface area contributed by atoms with E-state index >= 15 is 0 Å². The van der Waals surface area contributed by atoms with Crippen molar-refractivity contribution in [2.24, 2.45) is 0 Å². The molecule has 1 saturated heterocycles. The van der Waals surface area contributed by atoms with Crippen LogP contribution in [-0.2, 0) is 19.5 Å². The van der Waals surface area contributed by atoms with Gasteiger partial charge in [0.1, 0.15) is 0 Å². The van der Waals surface area contributed by atoms with Crippen molar-refractivity contribution in [3.63, 3.8) is 0 Å². The number of piperazine rings is 1. The number of fused-ring (bicyclic) bond motifs is 2. The number of pyridine rings is 1. The van der Waals surface area contributed by atoms with Gasteiger partial charge in [0.05, 0.1) is 11.2 Å². The number of hydrogen-bond acceptors (Lipinski definition) is 6. The highest BCUT2D eigenvalue weighted by Gasteiger charge is 2.29. The molecule has 0 amide bonds. The minimum absolute atomic E-state index is 0.843. The summed E-state index contributed by atoms with van der Waals surface area (Å²) in [6.45, 7) is 7.30. The van der Waals surface area contributed by atoms with Gasteiger partial charge in [0.25, 0.3) is 0 Å². The molecule has 0 atom stereocenters. The number of para-hydroxylation sites is 1. The molecule has 4 heterocycles. The van der Waals surface area contributed by atoms with Crippen molar-refractivity contribution in [2.75, 3.05) is 37.6 Å². The molecule has 0 radical (unpaired) electrons. The van der Waals surface area contributed by atoms with E-state index in [1.165, 1.54) is 41.5 Å². The van der Waals surface area contributed by atoms with Gasteiger partial charge in [0.15, 0.2) is 0 Å². The van der Waals surface area contributed by atoms with Crippen LogP contribution in [0.3, 0.4) is 0 Å². The third kappa shape index (κ3) is 3.79. The fourth-order valence-electron chi connectivity index (χ4n) is 5.22. The van der Waals surface area contributed by atoms with Crippen LogP contribution in [-0.4, -0.2) is 63.5 Å². The third-order valence-corrected chi connectivity index (χ3v) is 7.32. The van der Waals surface area contributed by atoms with Crippen molar-refractivity contribution in [3.05, 3.63) is 59.5 Å². The molecule has 6 heteroatoms. The second-order valence-corrected chi connectivity index (χ2v) is 9.20. The standard InChI is InChI=1S/C25H30N6/c1-2-7-24-22(6-1)19(8-10-26-24)17-29-11-9-23-20(18-29)16-27-25(28-23)31-14-12-30(13-15-31)21-4-3-5-21/h1-2,6-8,10,16,21H,3-5,9,11-15,17-18H2. The summed E-state index contributed by atoms with van der Waals surface area (Å²) in [5.74, 6) is 0.931. The Morgan fingerprint density at radius 1 is 0.935 bits per heavy atom. The van der Waals surface area contributed by atoms with Gasteiger partial charge in [-0.15, -0.1) is 0 Å². The van der Waals surface area contributed by atoms with Crippen LogP contribution >= 0.6 is 0 Å². The number of nitrogens with zero attached hydrogens (tertiary/aromatic N) is 6. The Hall–Kier alpha value is -2.57. The second kappa shape index (κ2) is 8.17. The Labute approximate surface area is 183 Å². The Kier molecular flexibility index (Phi) is 5.04. The monoisotopic (exact) mass is 414 g/mol. The first-order chi connectivity index (χ1) is 15.3. The maximum Gasteiger partial charge on any atom is 0.225 e. The Balaban J connectivity index is 1.12. The summed E-state index contributed by atoms with van der Waals surface area (Å²) in [5, 5.41) is 1.25. The van der Waals surface area contributed by atoms with Crippen molar-refractivity contribution < 1.29 is 0 Å². The summed E-state index contributed by atoms with van der Waals surface area (Å²) in [5.41, 5.74) is 4.93. The van der Waals surface area contributed by atoms with Crippen LogP contribution in [0.25, 0.3) is 10.9 Å². The lowest BCUT2D eigenvalue weighted by Crippen LogP contribution is -2.52. The van der Waals surface area contributed by atoms with E-state index in [0.29, 0.717) is 0 Å². The van der Waals surface area contributed by atoms with Gasteiger partial charge in [-0.2, -0.15) is 0 Å². The first kappa shape index (κ1) is 19.1. The lowest BCUT2D eigenvalue weighted by Gasteiger charge is -2.43. The van der Waals surface area contributed by atoms with Crippen molar-refractivity contribution in [3.8, 4) is 0 Å². The van der Waals surface area contributed by atoms with Gasteiger partial charge < -0.3 is 4.90 Å². The van der Waals surface area contributed by atoms with Crippen LogP contribution in [0, 0.1) is 0 Å². The van der Waals surface area contributed by atoms with Gasteiger partial charge in [-0.25, -0.2) is 9.97 Å². The molecule has 2 aromatic heterocycles. The summed E-state index contributed by atoms with van der Waals surface area (Å²) in [4.78, 5) is 21.8. The molecule has 2 aliphatic heterocycles. The van der Waals surface area contributed by atoms with Gasteiger partial charge in [0, 0.05) is 81.6 Å². The number of aromatic nitrogens is 3. The average molecular weight is 415 g/mol. The molecule has 0 unspecified atom stereocenters. The highest BCUT2D eigenvalue weighted by atomic mass is 15.3. The second-order valence-electron chi connectivity index (χ2n) is 9.20. The molecule has 1 aromatic carbocycles. The molecule has 2 fully saturated rings. The largest absolute Gasteiger partial charge is 0.338 e. The lowest BCUT2D eigenvalue weighted by atomic mass is 9.91. The smallest absolute Gasteiger partial charge is 0.225 e. The van der Waals surface area contributed by atoms with E-state index in [-0.39, 0.29) is 0 Å². The highest BCUT2D eigenvalue weighted by Crippen LogP contribution is 2.27. The Bertz CT molecular complexity index is 1070. The van der Waals surface area contributed by atoms with Crippen LogP contribution < -0.4 is 4.90 Å². The molecule has 31 heavy (non-hydrogen) atoms. The molecule has 0 bridgehead atoms. The van der Waals surface area contributed by atoms with Gasteiger partial charge in [-0.05, 0) is 30.5 Å². The van der Waals surface area contributed by atoms with E-state index in [2.05, 4.69) is 56.2 Å². The fraction of sp³-hybridized carbons (Fsp3) is 0.480. The van der Waals surface area contributed by atoms with E-state index in [1.54, 1.807) is 0 Å². The van der Waals surface area contributed by atoms with Gasteiger partial charge in [0.2, 0.25) is 5.95 Å². The molecule has 0 spiro atoms. The Morgan fingerprint density at radius 2 is 1.81 bits per heavy atom. The first-order valence-corrected chi connectivity index (χ1v) is 11.7. The molecular formula is C25H30N6. The molecule has 6 rings (SSSR count). The molecule has 6 nitrogen and oxygen atoms in total. The molecular weight excluding hydrogens is 384 g/mol. The molecule has 0 N–H and O–H groups in total. The summed E-state index contributed by atoms with van der Waals surface area (Å²) in [6.07, 6.45) is 9.19. The molecule has 1 aliphatic carbocycles. The lowest BCUT2D eigenvalue weighted by molar-refractivity contribution is 0.120. The molecule has 160 valence electrons. The predicted octanol–water partition coefficient (Wildman–Crippen LogP) is 3.26. The third-order valence-electron chi connectivity index (χ3n) is 7.32. The predicted molar refractivity (Wildman–Crippen MR) is 123 cm³/mol. The van der Waals surface area contributed by atoms with E-state index in [1.807, 2.05) is 6.20 Å². The van der Waals surface area contributed by atoms with Gasteiger partial charge in [-0.3, -0.25) is 14.8 Å². The van der Waals surface area contributed by atoms with Crippen molar-refractivity contribution in [1.82, 2.24) is 24.8 Å². The number of benzene rings is 1. The first-order valence-electron chi connectivity index (χ1n) is 11.7. The van der Waals surface area contributed by atoms with Crippen LogP contribution in [0.1, 0.15) is 36.1 Å². The molecule has 3 aliphatic rings. The summed E-state index contributed by atoms with van der Waals surface area (Å²) in [7, 11) is 0. The van der Waals surface area contributed by atoms with Crippen LogP contribution in [0.5, 0.6) is 0 Å². The quantitative estimate of drug-likeness (QED) is 0.653. The van der Waals surface area contributed by atoms with E-state index in [0.717, 1.165) is 69.7 Å². The number of anilines is 1. The van der Waals surface area contributed by atoms with Crippen molar-refractivity contribution >= 4 is 16.9 Å². The van der Waals surface area contributed by atoms with Crippen molar-refractivity contribution in [1.29, 1.82) is 0 Å². The average Bonchev–Trinajstić information content (AvgIpc) is 2.78. The zero-order valence-corrected chi connectivity index (χ0v) is 18.1. The summed E-state index contributed by atoms with van der Waals surface area (Å²) in [6, 6.07) is 11.4. The van der Waals surface area contributed by atoms with Gasteiger partial charge in [-0.1, -0.05) is 24.6 Å². The summed E-state index contributed by atoms with van der Waals surface area (Å²) >= 11 is 0. The molecule has 3 aromatic rings. The topological polar surface area (TPSA) is 48.4 Å². The number of hydrogen-bond donors (Lipinski definition) is 0. The maximum atomic E-state index is 4.99. The minimum atomic E-state index is 0.843. The van der Waals surface area contributed by atoms with Crippen LogP contribution in [0.2, 0.25) is 0 Å². The summed E-state index contributed by atoms with van der Waals surface area (Å²) < 4.78 is 0. The fourth-order valence-corrected chi connectivity index (χ4v) is 5.22. The minimum Gasteiger partial charge on any atom is -0.338 e. The normalized spacial score (nSPS) is 20.6. The molecule has 1 saturated carbocycles. The zero-order valence-electron chi connectivity index (χ0n) is 18.1. The number of rotatable bonds is 4. The van der Waals surface area contributed by atoms with Crippen LogP contribution in [0.15, 0.2) is 42.7 Å². The van der Waals surface area contributed by atoms with Crippen molar-refractivity contribution in [2.45, 2.75) is 44.8 Å². The van der Waals surface area contributed by atoms with Crippen LogP contribution in [0.4, 0.5) is 5.95 Å².